The molecular weight excluding hydrogens is 297 g/mol. The minimum atomic E-state index is -1.05. The number of benzene rings is 2. The van der Waals surface area contributed by atoms with Crippen molar-refractivity contribution in [3.8, 4) is 0 Å². The number of carbonyl (C=O) groups is 2. The van der Waals surface area contributed by atoms with Gasteiger partial charge in [-0.3, -0.25) is 4.79 Å². The van der Waals surface area contributed by atoms with Gasteiger partial charge in [0.1, 0.15) is 0 Å². The number of carbonyl (C=O) groups excluding carboxylic acids is 1. The average molecular weight is 308 g/mol. The van der Waals surface area contributed by atoms with Gasteiger partial charge in [-0.25, -0.2) is 9.18 Å². The van der Waals surface area contributed by atoms with E-state index in [4.69, 9.17) is 16.7 Å². The molecule has 0 aliphatic carbocycles. The molecule has 0 radical (unpaired) electrons. The lowest BCUT2D eigenvalue weighted by atomic mass is 10.1. The molecule has 2 N–H and O–H groups in total. The molecule has 0 aliphatic rings. The van der Waals surface area contributed by atoms with Crippen LogP contribution in [0.3, 0.4) is 0 Å². The van der Waals surface area contributed by atoms with Gasteiger partial charge in [0.25, 0.3) is 5.91 Å². The van der Waals surface area contributed by atoms with Gasteiger partial charge in [0.2, 0.25) is 0 Å². The maximum Gasteiger partial charge on any atom is 0.335 e. The van der Waals surface area contributed by atoms with E-state index in [-0.39, 0.29) is 16.1 Å². The van der Waals surface area contributed by atoms with Gasteiger partial charge >= 0.3 is 5.97 Å². The van der Waals surface area contributed by atoms with E-state index in [0.29, 0.717) is 11.3 Å². The van der Waals surface area contributed by atoms with Crippen molar-refractivity contribution in [3.05, 3.63) is 63.9 Å². The minimum absolute atomic E-state index is 0.139. The fourth-order valence-electron chi connectivity index (χ4n) is 1.86. The number of aromatic carboxylic acids is 1. The third kappa shape index (κ3) is 3.20. The first-order chi connectivity index (χ1) is 9.90. The highest BCUT2D eigenvalue weighted by molar-refractivity contribution is 6.31. The number of anilines is 1. The Bertz CT molecular complexity index is 731. The number of aryl methyl sites for hydroxylation is 1. The molecule has 21 heavy (non-hydrogen) atoms. The lowest BCUT2D eigenvalue weighted by molar-refractivity contribution is 0.0696. The lowest BCUT2D eigenvalue weighted by Crippen LogP contribution is -2.14. The zero-order chi connectivity index (χ0) is 15.6. The summed E-state index contributed by atoms with van der Waals surface area (Å²) in [5.74, 6) is -2.50. The molecule has 2 aromatic rings. The van der Waals surface area contributed by atoms with E-state index >= 15 is 0 Å². The van der Waals surface area contributed by atoms with Crippen LogP contribution in [0.4, 0.5) is 10.1 Å². The van der Waals surface area contributed by atoms with Crippen molar-refractivity contribution in [2.75, 3.05) is 5.32 Å². The summed E-state index contributed by atoms with van der Waals surface area (Å²) in [6.45, 7) is 1.61. The van der Waals surface area contributed by atoms with Crippen molar-refractivity contribution in [1.29, 1.82) is 0 Å². The molecular formula is C15H11ClFNO3. The van der Waals surface area contributed by atoms with Crippen molar-refractivity contribution in [2.24, 2.45) is 0 Å². The van der Waals surface area contributed by atoms with Crippen molar-refractivity contribution in [3.63, 3.8) is 0 Å². The number of carboxylic acids is 1. The van der Waals surface area contributed by atoms with Gasteiger partial charge in [0.15, 0.2) is 5.82 Å². The van der Waals surface area contributed by atoms with Crippen molar-refractivity contribution >= 4 is 29.2 Å². The van der Waals surface area contributed by atoms with Crippen LogP contribution in [0.2, 0.25) is 5.02 Å². The number of hydrogen-bond donors (Lipinski definition) is 2. The first-order valence-corrected chi connectivity index (χ1v) is 6.37. The number of nitrogens with one attached hydrogen (secondary N) is 1. The third-order valence-corrected chi connectivity index (χ3v) is 3.20. The quantitative estimate of drug-likeness (QED) is 0.907. The molecule has 0 atom stereocenters. The molecule has 0 saturated carbocycles. The normalized spacial score (nSPS) is 10.2. The number of halogens is 2. The topological polar surface area (TPSA) is 66.4 Å². The molecule has 0 heterocycles. The number of amides is 1. The second kappa shape index (κ2) is 5.93. The zero-order valence-corrected chi connectivity index (χ0v) is 11.7. The monoisotopic (exact) mass is 307 g/mol. The van der Waals surface area contributed by atoms with Crippen LogP contribution < -0.4 is 5.32 Å². The minimum Gasteiger partial charge on any atom is -0.478 e. The van der Waals surface area contributed by atoms with E-state index in [1.807, 2.05) is 0 Å². The van der Waals surface area contributed by atoms with E-state index in [0.717, 1.165) is 0 Å². The van der Waals surface area contributed by atoms with Crippen LogP contribution in [0.5, 0.6) is 0 Å². The van der Waals surface area contributed by atoms with Gasteiger partial charge in [-0.2, -0.15) is 0 Å². The van der Waals surface area contributed by atoms with Crippen LogP contribution in [0.1, 0.15) is 26.3 Å². The van der Waals surface area contributed by atoms with E-state index in [1.54, 1.807) is 6.92 Å². The molecule has 0 aromatic heterocycles. The maximum atomic E-state index is 13.7. The largest absolute Gasteiger partial charge is 0.478 e. The Balaban J connectivity index is 2.26. The van der Waals surface area contributed by atoms with Crippen LogP contribution in [0.15, 0.2) is 36.4 Å². The molecule has 2 rings (SSSR count). The number of carboxylic acid groups (broad SMARTS) is 1. The predicted molar refractivity (Wildman–Crippen MR) is 77.5 cm³/mol. The fourth-order valence-corrected chi connectivity index (χ4v) is 2.03. The molecule has 108 valence electrons. The lowest BCUT2D eigenvalue weighted by Gasteiger charge is -2.09. The molecule has 1 amide bonds. The molecule has 0 saturated heterocycles. The van der Waals surface area contributed by atoms with Crippen molar-refractivity contribution in [1.82, 2.24) is 0 Å². The van der Waals surface area contributed by atoms with E-state index in [2.05, 4.69) is 5.32 Å². The summed E-state index contributed by atoms with van der Waals surface area (Å²) in [6, 6.07) is 8.45. The van der Waals surface area contributed by atoms with E-state index < -0.39 is 17.7 Å². The Kier molecular flexibility index (Phi) is 4.23. The Morgan fingerprint density at radius 2 is 1.90 bits per heavy atom. The van der Waals surface area contributed by atoms with Gasteiger partial charge in [-0.05, 0) is 42.8 Å². The summed E-state index contributed by atoms with van der Waals surface area (Å²) in [6.07, 6.45) is 0. The fraction of sp³-hybridized carbons (Fsp3) is 0.0667. The van der Waals surface area contributed by atoms with Crippen LogP contribution >= 0.6 is 11.6 Å². The first kappa shape index (κ1) is 15.0. The third-order valence-electron chi connectivity index (χ3n) is 2.91. The summed E-state index contributed by atoms with van der Waals surface area (Å²) in [5.41, 5.74) is 0.832. The predicted octanol–water partition coefficient (Wildman–Crippen LogP) is 3.74. The van der Waals surface area contributed by atoms with Crippen molar-refractivity contribution in [2.45, 2.75) is 6.92 Å². The Labute approximate surface area is 125 Å². The number of hydrogen-bond acceptors (Lipinski definition) is 2. The molecule has 6 heteroatoms. The average Bonchev–Trinajstić information content (AvgIpc) is 2.41. The van der Waals surface area contributed by atoms with Gasteiger partial charge in [0, 0.05) is 5.69 Å². The standard InChI is InChI=1S/C15H11ClFNO3/c1-8-7-9(5-6-10(8)15(20)21)18-14(19)11-3-2-4-12(16)13(11)17/h2-7H,1H3,(H,18,19)(H,20,21). The van der Waals surface area contributed by atoms with Gasteiger partial charge in [0.05, 0.1) is 16.1 Å². The summed E-state index contributed by atoms with van der Waals surface area (Å²) >= 11 is 5.62. The van der Waals surface area contributed by atoms with E-state index in [1.165, 1.54) is 36.4 Å². The maximum absolute atomic E-state index is 13.7. The van der Waals surface area contributed by atoms with Gasteiger partial charge < -0.3 is 10.4 Å². The van der Waals surface area contributed by atoms with E-state index in [9.17, 15) is 14.0 Å². The molecule has 4 nitrogen and oxygen atoms in total. The zero-order valence-electron chi connectivity index (χ0n) is 11.0. The molecule has 0 fully saturated rings. The summed E-state index contributed by atoms with van der Waals surface area (Å²) in [7, 11) is 0. The Hall–Kier alpha value is -2.40. The summed E-state index contributed by atoms with van der Waals surface area (Å²) in [5, 5.41) is 11.3. The van der Waals surface area contributed by atoms with Crippen LogP contribution in [0, 0.1) is 12.7 Å². The molecule has 2 aromatic carbocycles. The van der Waals surface area contributed by atoms with Crippen LogP contribution in [-0.2, 0) is 0 Å². The van der Waals surface area contributed by atoms with Gasteiger partial charge in [-0.15, -0.1) is 0 Å². The van der Waals surface area contributed by atoms with Crippen LogP contribution in [-0.4, -0.2) is 17.0 Å². The number of rotatable bonds is 3. The Morgan fingerprint density at radius 3 is 2.52 bits per heavy atom. The highest BCUT2D eigenvalue weighted by Crippen LogP contribution is 2.20. The Morgan fingerprint density at radius 1 is 1.19 bits per heavy atom. The highest BCUT2D eigenvalue weighted by atomic mass is 35.5. The summed E-state index contributed by atoms with van der Waals surface area (Å²) in [4.78, 5) is 22.9. The molecule has 0 spiro atoms. The van der Waals surface area contributed by atoms with Crippen LogP contribution in [0.25, 0.3) is 0 Å². The highest BCUT2D eigenvalue weighted by Gasteiger charge is 2.15. The van der Waals surface area contributed by atoms with Crippen molar-refractivity contribution < 1.29 is 19.1 Å². The first-order valence-electron chi connectivity index (χ1n) is 5.99. The molecule has 0 unspecified atom stereocenters. The molecule has 0 bridgehead atoms. The SMILES string of the molecule is Cc1cc(NC(=O)c2cccc(Cl)c2F)ccc1C(=O)O. The van der Waals surface area contributed by atoms with Gasteiger partial charge in [-0.1, -0.05) is 17.7 Å². The molecule has 0 aliphatic heterocycles. The smallest absolute Gasteiger partial charge is 0.335 e. The second-order valence-electron chi connectivity index (χ2n) is 4.39. The summed E-state index contributed by atoms with van der Waals surface area (Å²) < 4.78 is 13.7. The second-order valence-corrected chi connectivity index (χ2v) is 4.80.